The molecule has 1 fully saturated rings. The number of hydrogen-bond acceptors (Lipinski definition) is 4. The molecule has 114 valence electrons. The number of hydrogen-bond donors (Lipinski definition) is 1. The van der Waals surface area contributed by atoms with Crippen LogP contribution in [0.4, 0.5) is 0 Å². The lowest BCUT2D eigenvalue weighted by Crippen LogP contribution is -2.36. The number of benzene rings is 1. The van der Waals surface area contributed by atoms with E-state index in [1.54, 1.807) is 6.92 Å². The Hall–Kier alpha value is -1.57. The smallest absolute Gasteiger partial charge is 0.181 e. The Morgan fingerprint density at radius 2 is 1.90 bits per heavy atom. The van der Waals surface area contributed by atoms with Gasteiger partial charge in [-0.25, -0.2) is 0 Å². The predicted octanol–water partition coefficient (Wildman–Crippen LogP) is 2.57. The lowest BCUT2D eigenvalue weighted by Gasteiger charge is -2.33. The van der Waals surface area contributed by atoms with Gasteiger partial charge in [0.1, 0.15) is 11.8 Å². The highest BCUT2D eigenvalue weighted by atomic mass is 16.5. The molecule has 21 heavy (non-hydrogen) atoms. The normalized spacial score (nSPS) is 19.7. The Bertz CT molecular complexity index is 471. The van der Waals surface area contributed by atoms with Crippen LogP contribution in [0.1, 0.15) is 32.3 Å². The number of aliphatic hydroxyl groups is 1. The van der Waals surface area contributed by atoms with Crippen molar-refractivity contribution in [3.05, 3.63) is 29.8 Å². The largest absolute Gasteiger partial charge is 0.476 e. The van der Waals surface area contributed by atoms with Crippen LogP contribution in [0.5, 0.6) is 5.75 Å². The second-order valence-corrected chi connectivity index (χ2v) is 5.89. The lowest BCUT2D eigenvalue weighted by molar-refractivity contribution is 0.0695. The van der Waals surface area contributed by atoms with Gasteiger partial charge < -0.3 is 9.84 Å². The van der Waals surface area contributed by atoms with Gasteiger partial charge in [0.15, 0.2) is 6.10 Å². The van der Waals surface area contributed by atoms with Crippen LogP contribution < -0.4 is 4.74 Å². The first kappa shape index (κ1) is 15.8. The lowest BCUT2D eigenvalue weighted by atomic mass is 9.92. The van der Waals surface area contributed by atoms with E-state index in [4.69, 9.17) is 10.00 Å². The Kier molecular flexibility index (Phi) is 5.60. The number of aliphatic hydroxyl groups excluding tert-OH is 1. The van der Waals surface area contributed by atoms with Crippen LogP contribution >= 0.6 is 0 Å². The predicted molar refractivity (Wildman–Crippen MR) is 81.8 cm³/mol. The minimum absolute atomic E-state index is 0.189. The van der Waals surface area contributed by atoms with E-state index in [2.05, 4.69) is 23.1 Å². The topological polar surface area (TPSA) is 56.5 Å². The molecule has 1 heterocycles. The second-order valence-electron chi connectivity index (χ2n) is 5.89. The molecule has 2 rings (SSSR count). The van der Waals surface area contributed by atoms with Crippen LogP contribution in [0.25, 0.3) is 0 Å². The van der Waals surface area contributed by atoms with Crippen molar-refractivity contribution in [2.45, 2.75) is 45.4 Å². The summed E-state index contributed by atoms with van der Waals surface area (Å²) in [5.41, 5.74) is 1.25. The maximum Gasteiger partial charge on any atom is 0.181 e. The fraction of sp³-hybridized carbons (Fsp3) is 0.588. The van der Waals surface area contributed by atoms with E-state index in [9.17, 15) is 5.11 Å². The quantitative estimate of drug-likeness (QED) is 0.904. The third kappa shape index (κ3) is 4.73. The fourth-order valence-corrected chi connectivity index (χ4v) is 2.76. The van der Waals surface area contributed by atoms with Crippen molar-refractivity contribution in [3.8, 4) is 11.8 Å². The molecule has 1 saturated heterocycles. The Morgan fingerprint density at radius 3 is 2.43 bits per heavy atom. The summed E-state index contributed by atoms with van der Waals surface area (Å²) in [5.74, 6) is 1.19. The maximum atomic E-state index is 9.62. The summed E-state index contributed by atoms with van der Waals surface area (Å²) in [5, 5.41) is 18.3. The van der Waals surface area contributed by atoms with Crippen molar-refractivity contribution < 1.29 is 9.84 Å². The molecule has 0 radical (unpaired) electrons. The first-order chi connectivity index (χ1) is 10.1. The number of nitrogens with zero attached hydrogens (tertiary/aromatic N) is 2. The highest BCUT2D eigenvalue weighted by Gasteiger charge is 2.22. The first-order valence-corrected chi connectivity index (χ1v) is 7.64. The second kappa shape index (κ2) is 7.44. The van der Waals surface area contributed by atoms with Gasteiger partial charge >= 0.3 is 0 Å². The molecule has 1 aliphatic heterocycles. The Balaban J connectivity index is 1.83. The average Bonchev–Trinajstić information content (AvgIpc) is 2.49. The summed E-state index contributed by atoms with van der Waals surface area (Å²) in [6, 6.07) is 10.0. The van der Waals surface area contributed by atoms with Crippen LogP contribution in [-0.4, -0.2) is 35.3 Å². The van der Waals surface area contributed by atoms with Gasteiger partial charge in [-0.3, -0.25) is 4.90 Å². The van der Waals surface area contributed by atoms with Crippen molar-refractivity contribution in [1.29, 1.82) is 5.26 Å². The summed E-state index contributed by atoms with van der Waals surface area (Å²) < 4.78 is 5.45. The van der Waals surface area contributed by atoms with Crippen LogP contribution in [0, 0.1) is 17.2 Å². The van der Waals surface area contributed by atoms with Gasteiger partial charge in [-0.1, -0.05) is 12.1 Å². The highest BCUT2D eigenvalue weighted by molar-refractivity contribution is 5.27. The SMILES string of the molecule is CC(C#N)Oc1ccc(CN2CCC(C(C)O)CC2)cc1. The van der Waals surface area contributed by atoms with E-state index in [1.807, 2.05) is 19.1 Å². The molecule has 0 aliphatic carbocycles. The van der Waals surface area contributed by atoms with Crippen LogP contribution in [0.15, 0.2) is 24.3 Å². The molecule has 2 unspecified atom stereocenters. The molecule has 4 heteroatoms. The van der Waals surface area contributed by atoms with Crippen molar-refractivity contribution >= 4 is 0 Å². The molecule has 0 amide bonds. The first-order valence-electron chi connectivity index (χ1n) is 7.64. The maximum absolute atomic E-state index is 9.62. The van der Waals surface area contributed by atoms with Gasteiger partial charge in [0.25, 0.3) is 0 Å². The van der Waals surface area contributed by atoms with Crippen LogP contribution in [-0.2, 0) is 6.54 Å². The molecule has 1 aromatic carbocycles. The van der Waals surface area contributed by atoms with E-state index in [0.29, 0.717) is 5.92 Å². The van der Waals surface area contributed by atoms with Gasteiger partial charge in [-0.05, 0) is 63.4 Å². The monoisotopic (exact) mass is 288 g/mol. The minimum atomic E-state index is -0.421. The van der Waals surface area contributed by atoms with Gasteiger partial charge in [0, 0.05) is 6.54 Å². The van der Waals surface area contributed by atoms with E-state index in [-0.39, 0.29) is 6.10 Å². The highest BCUT2D eigenvalue weighted by Crippen LogP contribution is 2.22. The number of nitriles is 1. The third-order valence-corrected chi connectivity index (χ3v) is 4.14. The van der Waals surface area contributed by atoms with E-state index < -0.39 is 6.10 Å². The zero-order valence-electron chi connectivity index (χ0n) is 12.8. The molecule has 0 spiro atoms. The number of rotatable bonds is 5. The molecular weight excluding hydrogens is 264 g/mol. The van der Waals surface area contributed by atoms with Crippen LogP contribution in [0.3, 0.4) is 0 Å². The molecule has 4 nitrogen and oxygen atoms in total. The van der Waals surface area contributed by atoms with Crippen LogP contribution in [0.2, 0.25) is 0 Å². The number of likely N-dealkylation sites (tertiary alicyclic amines) is 1. The molecule has 0 saturated carbocycles. The summed E-state index contributed by atoms with van der Waals surface area (Å²) in [7, 11) is 0. The Morgan fingerprint density at radius 1 is 1.29 bits per heavy atom. The molecule has 0 aromatic heterocycles. The van der Waals surface area contributed by atoms with E-state index >= 15 is 0 Å². The summed E-state index contributed by atoms with van der Waals surface area (Å²) >= 11 is 0. The minimum Gasteiger partial charge on any atom is -0.476 e. The van der Waals surface area contributed by atoms with Crippen molar-refractivity contribution in [2.75, 3.05) is 13.1 Å². The molecule has 2 atom stereocenters. The number of piperidine rings is 1. The summed E-state index contributed by atoms with van der Waals surface area (Å²) in [6.07, 6.45) is 1.53. The van der Waals surface area contributed by atoms with E-state index in [0.717, 1.165) is 38.2 Å². The zero-order chi connectivity index (χ0) is 15.2. The van der Waals surface area contributed by atoms with Gasteiger partial charge in [-0.15, -0.1) is 0 Å². The van der Waals surface area contributed by atoms with Crippen molar-refractivity contribution in [3.63, 3.8) is 0 Å². The van der Waals surface area contributed by atoms with E-state index in [1.165, 1.54) is 5.56 Å². The molecular formula is C17H24N2O2. The molecule has 1 aromatic rings. The molecule has 0 bridgehead atoms. The van der Waals surface area contributed by atoms with Crippen molar-refractivity contribution in [2.24, 2.45) is 5.92 Å². The Labute approximate surface area is 127 Å². The van der Waals surface area contributed by atoms with Gasteiger partial charge in [-0.2, -0.15) is 5.26 Å². The average molecular weight is 288 g/mol. The number of ether oxygens (including phenoxy) is 1. The summed E-state index contributed by atoms with van der Waals surface area (Å²) in [4.78, 5) is 2.42. The fourth-order valence-electron chi connectivity index (χ4n) is 2.76. The molecule has 1 N–H and O–H groups in total. The van der Waals surface area contributed by atoms with Crippen molar-refractivity contribution in [1.82, 2.24) is 4.90 Å². The van der Waals surface area contributed by atoms with Gasteiger partial charge in [0.2, 0.25) is 0 Å². The molecule has 1 aliphatic rings. The third-order valence-electron chi connectivity index (χ3n) is 4.14. The zero-order valence-corrected chi connectivity index (χ0v) is 12.8. The standard InChI is InChI=1S/C17H24N2O2/c1-13(11-18)21-17-5-3-15(4-6-17)12-19-9-7-16(8-10-19)14(2)20/h3-6,13-14,16,20H,7-10,12H2,1-2H3. The summed E-state index contributed by atoms with van der Waals surface area (Å²) in [6.45, 7) is 6.64. The van der Waals surface area contributed by atoms with Gasteiger partial charge in [0.05, 0.1) is 6.10 Å².